The van der Waals surface area contributed by atoms with Gasteiger partial charge >= 0.3 is 0 Å². The van der Waals surface area contributed by atoms with Crippen molar-refractivity contribution in [3.8, 4) is 0 Å². The largest absolute Gasteiger partial charge is 0.374 e. The van der Waals surface area contributed by atoms with Crippen LogP contribution in [-0.2, 0) is 14.6 Å². The van der Waals surface area contributed by atoms with Crippen LogP contribution in [0.4, 0.5) is 0 Å². The molecule has 1 atom stereocenters. The minimum atomic E-state index is -2.91. The van der Waals surface area contributed by atoms with Crippen molar-refractivity contribution in [2.75, 3.05) is 18.6 Å². The Morgan fingerprint density at radius 3 is 2.21 bits per heavy atom. The lowest BCUT2D eigenvalue weighted by molar-refractivity contribution is -0.0101. The van der Waals surface area contributed by atoms with E-state index in [-0.39, 0.29) is 17.4 Å². The topological polar surface area (TPSA) is 69.4 Å². The van der Waals surface area contributed by atoms with Crippen molar-refractivity contribution in [1.82, 2.24) is 0 Å². The summed E-state index contributed by atoms with van der Waals surface area (Å²) in [5.74, 6) is 0.127. The summed E-state index contributed by atoms with van der Waals surface area (Å²) >= 11 is 0. The van der Waals surface area contributed by atoms with Crippen molar-refractivity contribution >= 4 is 9.84 Å². The molecule has 86 valence electrons. The predicted octanol–water partition coefficient (Wildman–Crippen LogP) is 0.563. The fourth-order valence-electron chi connectivity index (χ4n) is 0.806. The second kappa shape index (κ2) is 5.09. The van der Waals surface area contributed by atoms with Crippen molar-refractivity contribution in [2.45, 2.75) is 38.8 Å². The molecule has 0 aromatic rings. The third kappa shape index (κ3) is 9.95. The van der Waals surface area contributed by atoms with Gasteiger partial charge in [-0.05, 0) is 27.2 Å². The SMILES string of the molecule is CC(C)(C)OCC(N)CCS(C)(=O)=O. The first-order chi connectivity index (χ1) is 6.10. The molecule has 0 aromatic carbocycles. The van der Waals surface area contributed by atoms with Gasteiger partial charge in [-0.1, -0.05) is 0 Å². The summed E-state index contributed by atoms with van der Waals surface area (Å²) in [5.41, 5.74) is 5.48. The molecule has 0 aliphatic heterocycles. The van der Waals surface area contributed by atoms with Gasteiger partial charge in [-0.3, -0.25) is 0 Å². The lowest BCUT2D eigenvalue weighted by Gasteiger charge is -2.22. The van der Waals surface area contributed by atoms with Gasteiger partial charge in [0.2, 0.25) is 0 Å². The first-order valence-corrected chi connectivity index (χ1v) is 6.73. The van der Waals surface area contributed by atoms with Gasteiger partial charge in [0, 0.05) is 12.3 Å². The highest BCUT2D eigenvalue weighted by molar-refractivity contribution is 7.90. The average molecular weight is 223 g/mol. The molecule has 0 aliphatic rings. The maximum Gasteiger partial charge on any atom is 0.147 e. The maximum atomic E-state index is 10.8. The van der Waals surface area contributed by atoms with Gasteiger partial charge in [-0.2, -0.15) is 0 Å². The summed E-state index contributed by atoms with van der Waals surface area (Å²) in [5, 5.41) is 0. The molecule has 2 N–H and O–H groups in total. The second-order valence-electron chi connectivity index (χ2n) is 4.60. The Labute approximate surface area is 86.7 Å². The average Bonchev–Trinajstić information content (AvgIpc) is 1.94. The Morgan fingerprint density at radius 1 is 1.36 bits per heavy atom. The fraction of sp³-hybridized carbons (Fsp3) is 1.00. The van der Waals surface area contributed by atoms with E-state index in [9.17, 15) is 8.42 Å². The van der Waals surface area contributed by atoms with Crippen molar-refractivity contribution in [1.29, 1.82) is 0 Å². The smallest absolute Gasteiger partial charge is 0.147 e. The second-order valence-corrected chi connectivity index (χ2v) is 6.86. The standard InChI is InChI=1S/C9H21NO3S/c1-9(2,3)13-7-8(10)5-6-14(4,11)12/h8H,5-7,10H2,1-4H3. The molecule has 0 amide bonds. The zero-order valence-corrected chi connectivity index (χ0v) is 10.2. The lowest BCUT2D eigenvalue weighted by Crippen LogP contribution is -2.33. The van der Waals surface area contributed by atoms with Gasteiger partial charge in [0.05, 0.1) is 18.0 Å². The molecule has 14 heavy (non-hydrogen) atoms. The van der Waals surface area contributed by atoms with E-state index in [2.05, 4.69) is 0 Å². The molecular formula is C9H21NO3S. The number of sulfone groups is 1. The predicted molar refractivity (Wildman–Crippen MR) is 58.0 cm³/mol. The third-order valence-corrected chi connectivity index (χ3v) is 2.57. The molecule has 0 saturated carbocycles. The number of rotatable bonds is 5. The van der Waals surface area contributed by atoms with Crippen LogP contribution >= 0.6 is 0 Å². The minimum Gasteiger partial charge on any atom is -0.374 e. The maximum absolute atomic E-state index is 10.8. The normalized spacial score (nSPS) is 15.5. The summed E-state index contributed by atoms with van der Waals surface area (Å²) in [6.07, 6.45) is 1.67. The van der Waals surface area contributed by atoms with E-state index in [0.717, 1.165) is 0 Å². The van der Waals surface area contributed by atoms with Crippen LogP contribution in [0, 0.1) is 0 Å². The lowest BCUT2D eigenvalue weighted by atomic mass is 10.2. The number of nitrogens with two attached hydrogens (primary N) is 1. The number of hydrogen-bond donors (Lipinski definition) is 1. The molecule has 0 rings (SSSR count). The monoisotopic (exact) mass is 223 g/mol. The van der Waals surface area contributed by atoms with Gasteiger partial charge in [0.15, 0.2) is 0 Å². The Hall–Kier alpha value is -0.130. The van der Waals surface area contributed by atoms with E-state index in [0.29, 0.717) is 13.0 Å². The summed E-state index contributed by atoms with van der Waals surface area (Å²) in [4.78, 5) is 0. The molecule has 5 heteroatoms. The van der Waals surface area contributed by atoms with Gasteiger partial charge in [-0.15, -0.1) is 0 Å². The summed E-state index contributed by atoms with van der Waals surface area (Å²) in [7, 11) is -2.91. The first-order valence-electron chi connectivity index (χ1n) is 4.67. The fourth-order valence-corrected chi connectivity index (χ4v) is 1.54. The highest BCUT2D eigenvalue weighted by Crippen LogP contribution is 2.07. The molecule has 1 unspecified atom stereocenters. The van der Waals surface area contributed by atoms with Gasteiger partial charge in [0.25, 0.3) is 0 Å². The molecule has 0 spiro atoms. The Balaban J connectivity index is 3.73. The van der Waals surface area contributed by atoms with Crippen LogP contribution in [0.15, 0.2) is 0 Å². The number of hydrogen-bond acceptors (Lipinski definition) is 4. The van der Waals surface area contributed by atoms with E-state index in [1.807, 2.05) is 20.8 Å². The van der Waals surface area contributed by atoms with Crippen LogP contribution in [0.25, 0.3) is 0 Å². The van der Waals surface area contributed by atoms with Crippen LogP contribution in [0.3, 0.4) is 0 Å². The molecule has 0 bridgehead atoms. The summed E-state index contributed by atoms with van der Waals surface area (Å²) in [6, 6.07) is -0.205. The van der Waals surface area contributed by atoms with Crippen LogP contribution in [0.5, 0.6) is 0 Å². The molecule has 0 heterocycles. The van der Waals surface area contributed by atoms with Crippen LogP contribution < -0.4 is 5.73 Å². The highest BCUT2D eigenvalue weighted by Gasteiger charge is 2.14. The number of ether oxygens (including phenoxy) is 1. The van der Waals surface area contributed by atoms with Crippen LogP contribution in [-0.4, -0.2) is 38.7 Å². The molecular weight excluding hydrogens is 202 g/mol. The van der Waals surface area contributed by atoms with Gasteiger partial charge < -0.3 is 10.5 Å². The molecule has 0 aliphatic carbocycles. The van der Waals surface area contributed by atoms with Gasteiger partial charge in [0.1, 0.15) is 9.84 Å². The third-order valence-electron chi connectivity index (χ3n) is 1.59. The van der Waals surface area contributed by atoms with Crippen LogP contribution in [0.1, 0.15) is 27.2 Å². The van der Waals surface area contributed by atoms with Crippen molar-refractivity contribution < 1.29 is 13.2 Å². The van der Waals surface area contributed by atoms with Crippen molar-refractivity contribution in [3.63, 3.8) is 0 Å². The Kier molecular flexibility index (Phi) is 5.05. The van der Waals surface area contributed by atoms with Crippen molar-refractivity contribution in [2.24, 2.45) is 5.73 Å². The zero-order valence-electron chi connectivity index (χ0n) is 9.41. The zero-order chi connectivity index (χ0) is 11.4. The van der Waals surface area contributed by atoms with Gasteiger partial charge in [-0.25, -0.2) is 8.42 Å². The Bertz CT molecular complexity index is 254. The molecule has 0 fully saturated rings. The van der Waals surface area contributed by atoms with E-state index in [1.165, 1.54) is 6.26 Å². The Morgan fingerprint density at radius 2 is 1.86 bits per heavy atom. The molecule has 0 aromatic heterocycles. The van der Waals surface area contributed by atoms with Crippen LogP contribution in [0.2, 0.25) is 0 Å². The summed E-state index contributed by atoms with van der Waals surface area (Å²) < 4.78 is 27.1. The molecule has 4 nitrogen and oxygen atoms in total. The van der Waals surface area contributed by atoms with E-state index in [1.54, 1.807) is 0 Å². The molecule has 0 radical (unpaired) electrons. The minimum absolute atomic E-state index is 0.127. The van der Waals surface area contributed by atoms with Crippen molar-refractivity contribution in [3.05, 3.63) is 0 Å². The van der Waals surface area contributed by atoms with E-state index in [4.69, 9.17) is 10.5 Å². The van der Waals surface area contributed by atoms with E-state index >= 15 is 0 Å². The first kappa shape index (κ1) is 13.9. The molecule has 0 saturated heterocycles. The summed E-state index contributed by atoms with van der Waals surface area (Å²) in [6.45, 7) is 6.22. The quantitative estimate of drug-likeness (QED) is 0.739. The van der Waals surface area contributed by atoms with E-state index < -0.39 is 9.84 Å². The highest BCUT2D eigenvalue weighted by atomic mass is 32.2.